The number of rotatable bonds is 4. The third-order valence-electron chi connectivity index (χ3n) is 2.36. The van der Waals surface area contributed by atoms with E-state index in [0.717, 1.165) is 12.1 Å². The Bertz CT molecular complexity index is 564. The normalized spacial score (nSPS) is 11.2. The van der Waals surface area contributed by atoms with Crippen LogP contribution in [-0.2, 0) is 11.0 Å². The highest BCUT2D eigenvalue weighted by Gasteiger charge is 2.30. The largest absolute Gasteiger partial charge is 0.484 e. The van der Waals surface area contributed by atoms with Gasteiger partial charge in [0.2, 0.25) is 0 Å². The third kappa shape index (κ3) is 3.99. The van der Waals surface area contributed by atoms with Gasteiger partial charge in [-0.2, -0.15) is 24.5 Å². The average Bonchev–Trinajstić information content (AvgIpc) is 2.88. The molecule has 0 bridgehead atoms. The number of thiophene rings is 1. The molecule has 106 valence electrons. The van der Waals surface area contributed by atoms with Crippen LogP contribution in [-0.4, -0.2) is 12.5 Å². The molecule has 1 aromatic carbocycles. The van der Waals surface area contributed by atoms with E-state index in [4.69, 9.17) is 4.74 Å². The first-order valence-corrected chi connectivity index (χ1v) is 6.51. The zero-order valence-corrected chi connectivity index (χ0v) is 10.9. The highest BCUT2D eigenvalue weighted by atomic mass is 32.1. The number of hydrogen-bond donors (Lipinski definition) is 1. The number of ether oxygens (including phenoxy) is 1. The molecule has 0 radical (unpaired) electrons. The molecule has 20 heavy (non-hydrogen) atoms. The minimum absolute atomic E-state index is 0.207. The fraction of sp³-hybridized carbons (Fsp3) is 0.154. The molecule has 1 amide bonds. The highest BCUT2D eigenvalue weighted by Crippen LogP contribution is 2.30. The maximum absolute atomic E-state index is 12.3. The molecule has 7 heteroatoms. The van der Waals surface area contributed by atoms with Crippen molar-refractivity contribution in [3.05, 3.63) is 46.7 Å². The molecule has 1 heterocycles. The van der Waals surface area contributed by atoms with Gasteiger partial charge in [0.25, 0.3) is 5.91 Å². The van der Waals surface area contributed by atoms with E-state index in [-0.39, 0.29) is 18.3 Å². The van der Waals surface area contributed by atoms with Gasteiger partial charge in [0.15, 0.2) is 6.61 Å². The second-order valence-electron chi connectivity index (χ2n) is 3.87. The van der Waals surface area contributed by atoms with E-state index in [2.05, 4.69) is 5.32 Å². The first kappa shape index (κ1) is 14.4. The van der Waals surface area contributed by atoms with Crippen LogP contribution < -0.4 is 10.1 Å². The van der Waals surface area contributed by atoms with E-state index < -0.39 is 11.7 Å². The van der Waals surface area contributed by atoms with Crippen LogP contribution in [0.4, 0.5) is 18.9 Å². The molecule has 3 nitrogen and oxygen atoms in total. The van der Waals surface area contributed by atoms with E-state index in [1.54, 1.807) is 11.4 Å². The van der Waals surface area contributed by atoms with Crippen LogP contribution in [0.5, 0.6) is 5.75 Å². The van der Waals surface area contributed by atoms with Crippen LogP contribution in [0.2, 0.25) is 0 Å². The molecule has 0 fully saturated rings. The smallest absolute Gasteiger partial charge is 0.416 e. The predicted octanol–water partition coefficient (Wildman–Crippen LogP) is 3.78. The summed E-state index contributed by atoms with van der Waals surface area (Å²) < 4.78 is 42.1. The summed E-state index contributed by atoms with van der Waals surface area (Å²) >= 11 is 1.44. The van der Waals surface area contributed by atoms with Crippen molar-refractivity contribution in [1.29, 1.82) is 0 Å². The Kier molecular flexibility index (Phi) is 4.29. The molecule has 0 saturated heterocycles. The number of amides is 1. The topological polar surface area (TPSA) is 38.3 Å². The molecular weight excluding hydrogens is 291 g/mol. The number of carbonyl (C=O) groups excluding carboxylic acids is 1. The Balaban J connectivity index is 1.86. The van der Waals surface area contributed by atoms with Gasteiger partial charge in [-0.15, -0.1) is 0 Å². The van der Waals surface area contributed by atoms with Crippen LogP contribution in [0.3, 0.4) is 0 Å². The molecule has 2 rings (SSSR count). The number of halogens is 3. The predicted molar refractivity (Wildman–Crippen MR) is 69.9 cm³/mol. The SMILES string of the molecule is O=C(COc1ccc(C(F)(F)F)cc1)Nc1ccsc1. The summed E-state index contributed by atoms with van der Waals surface area (Å²) in [5, 5.41) is 6.17. The molecular formula is C13H10F3NO2S. The van der Waals surface area contributed by atoms with Gasteiger partial charge >= 0.3 is 6.18 Å². The van der Waals surface area contributed by atoms with Crippen molar-refractivity contribution in [2.24, 2.45) is 0 Å². The van der Waals surface area contributed by atoms with Crippen molar-refractivity contribution in [3.63, 3.8) is 0 Å². The van der Waals surface area contributed by atoms with Crippen molar-refractivity contribution in [2.75, 3.05) is 11.9 Å². The monoisotopic (exact) mass is 301 g/mol. The molecule has 0 aliphatic carbocycles. The summed E-state index contributed by atoms with van der Waals surface area (Å²) in [5.74, 6) is -0.165. The van der Waals surface area contributed by atoms with Gasteiger partial charge in [-0.3, -0.25) is 4.79 Å². The van der Waals surface area contributed by atoms with E-state index in [1.807, 2.05) is 5.38 Å². The lowest BCUT2D eigenvalue weighted by Gasteiger charge is -2.09. The molecule has 0 aliphatic rings. The van der Waals surface area contributed by atoms with Gasteiger partial charge in [-0.05, 0) is 35.7 Å². The number of hydrogen-bond acceptors (Lipinski definition) is 3. The summed E-state index contributed by atoms with van der Waals surface area (Å²) in [6, 6.07) is 5.92. The van der Waals surface area contributed by atoms with E-state index in [0.29, 0.717) is 5.69 Å². The number of nitrogens with one attached hydrogen (secondary N) is 1. The lowest BCUT2D eigenvalue weighted by atomic mass is 10.2. The highest BCUT2D eigenvalue weighted by molar-refractivity contribution is 7.08. The summed E-state index contributed by atoms with van der Waals surface area (Å²) in [4.78, 5) is 11.5. The fourth-order valence-corrected chi connectivity index (χ4v) is 2.01. The minimum atomic E-state index is -4.38. The summed E-state index contributed by atoms with van der Waals surface area (Å²) in [7, 11) is 0. The van der Waals surface area contributed by atoms with Crippen LogP contribution in [0.1, 0.15) is 5.56 Å². The summed E-state index contributed by atoms with van der Waals surface area (Å²) in [6.07, 6.45) is -4.38. The molecule has 0 aliphatic heterocycles. The van der Waals surface area contributed by atoms with Crippen molar-refractivity contribution in [2.45, 2.75) is 6.18 Å². The maximum atomic E-state index is 12.3. The van der Waals surface area contributed by atoms with Crippen LogP contribution in [0, 0.1) is 0 Å². The zero-order valence-electron chi connectivity index (χ0n) is 10.1. The lowest BCUT2D eigenvalue weighted by Crippen LogP contribution is -2.19. The van der Waals surface area contributed by atoms with E-state index in [9.17, 15) is 18.0 Å². The Hall–Kier alpha value is -2.02. The molecule has 2 aromatic rings. The van der Waals surface area contributed by atoms with Gasteiger partial charge < -0.3 is 10.1 Å². The zero-order chi connectivity index (χ0) is 14.6. The van der Waals surface area contributed by atoms with Gasteiger partial charge in [-0.25, -0.2) is 0 Å². The van der Waals surface area contributed by atoms with Gasteiger partial charge in [0.05, 0.1) is 11.3 Å². The van der Waals surface area contributed by atoms with Crippen molar-refractivity contribution < 1.29 is 22.7 Å². The van der Waals surface area contributed by atoms with Crippen molar-refractivity contribution >= 4 is 22.9 Å². The number of carbonyl (C=O) groups is 1. The van der Waals surface area contributed by atoms with E-state index >= 15 is 0 Å². The maximum Gasteiger partial charge on any atom is 0.416 e. The molecule has 1 N–H and O–H groups in total. The van der Waals surface area contributed by atoms with Crippen LogP contribution >= 0.6 is 11.3 Å². The third-order valence-corrected chi connectivity index (χ3v) is 3.04. The van der Waals surface area contributed by atoms with Gasteiger partial charge in [0.1, 0.15) is 5.75 Å². The summed E-state index contributed by atoms with van der Waals surface area (Å²) in [6.45, 7) is -0.263. The summed E-state index contributed by atoms with van der Waals surface area (Å²) in [5.41, 5.74) is -0.0939. The molecule has 0 spiro atoms. The first-order valence-electron chi connectivity index (χ1n) is 5.57. The van der Waals surface area contributed by atoms with Crippen molar-refractivity contribution in [3.8, 4) is 5.75 Å². The first-order chi connectivity index (χ1) is 9.45. The number of alkyl halides is 3. The quantitative estimate of drug-likeness (QED) is 0.933. The fourth-order valence-electron chi connectivity index (χ4n) is 1.42. The number of anilines is 1. The standard InChI is InChI=1S/C13H10F3NO2S/c14-13(15,16)9-1-3-11(4-2-9)19-7-12(18)17-10-5-6-20-8-10/h1-6,8H,7H2,(H,17,18). The molecule has 0 saturated carbocycles. The van der Waals surface area contributed by atoms with E-state index in [1.165, 1.54) is 23.5 Å². The van der Waals surface area contributed by atoms with Crippen LogP contribution in [0.15, 0.2) is 41.1 Å². The number of benzene rings is 1. The molecule has 1 aromatic heterocycles. The Morgan fingerprint density at radius 3 is 2.45 bits per heavy atom. The Labute approximate surface area is 117 Å². The van der Waals surface area contributed by atoms with Crippen LogP contribution in [0.25, 0.3) is 0 Å². The Morgan fingerprint density at radius 1 is 1.20 bits per heavy atom. The van der Waals surface area contributed by atoms with Crippen molar-refractivity contribution in [1.82, 2.24) is 0 Å². The molecule has 0 unspecified atom stereocenters. The minimum Gasteiger partial charge on any atom is -0.484 e. The second-order valence-corrected chi connectivity index (χ2v) is 4.65. The average molecular weight is 301 g/mol. The van der Waals surface area contributed by atoms with Gasteiger partial charge in [0, 0.05) is 5.38 Å². The molecule has 0 atom stereocenters. The van der Waals surface area contributed by atoms with Gasteiger partial charge in [-0.1, -0.05) is 0 Å². The Morgan fingerprint density at radius 2 is 1.90 bits per heavy atom. The lowest BCUT2D eigenvalue weighted by molar-refractivity contribution is -0.137. The second kappa shape index (κ2) is 5.96.